The van der Waals surface area contributed by atoms with Crippen LogP contribution in [0, 0.1) is 0 Å². The van der Waals surface area contributed by atoms with Crippen molar-refractivity contribution >= 4 is 11.5 Å². The standard InChI is InChI=1S/C15H12N4O/c16-19-18-14-5-2-1-4-10(14)13-9-8-11-12(17-13)6-3-7-15(11)20/h1-2,4-5,8-9H,3,6-7H2. The Bertz CT molecular complexity index is 732. The molecule has 3 rings (SSSR count). The Morgan fingerprint density at radius 3 is 2.80 bits per heavy atom. The second-order valence-corrected chi connectivity index (χ2v) is 4.67. The van der Waals surface area contributed by atoms with Gasteiger partial charge < -0.3 is 0 Å². The van der Waals surface area contributed by atoms with Crippen LogP contribution in [-0.2, 0) is 6.42 Å². The molecule has 2 aromatic rings. The van der Waals surface area contributed by atoms with Gasteiger partial charge in [0.2, 0.25) is 0 Å². The van der Waals surface area contributed by atoms with Crippen LogP contribution in [0.5, 0.6) is 0 Å². The summed E-state index contributed by atoms with van der Waals surface area (Å²) in [5, 5.41) is 3.68. The number of ketones is 1. The summed E-state index contributed by atoms with van der Waals surface area (Å²) in [6.45, 7) is 0. The van der Waals surface area contributed by atoms with Gasteiger partial charge in [0.1, 0.15) is 0 Å². The topological polar surface area (TPSA) is 78.7 Å². The molecule has 0 atom stereocenters. The molecule has 0 spiro atoms. The number of fused-ring (bicyclic) bond motifs is 1. The van der Waals surface area contributed by atoms with Crippen LogP contribution in [0.1, 0.15) is 28.9 Å². The largest absolute Gasteiger partial charge is 0.294 e. The van der Waals surface area contributed by atoms with Gasteiger partial charge in [-0.3, -0.25) is 9.78 Å². The van der Waals surface area contributed by atoms with Gasteiger partial charge in [0, 0.05) is 28.1 Å². The molecule has 20 heavy (non-hydrogen) atoms. The summed E-state index contributed by atoms with van der Waals surface area (Å²) in [5.74, 6) is 0.161. The number of aromatic nitrogens is 1. The number of carbonyl (C=O) groups excluding carboxylic acids is 1. The molecule has 1 aromatic heterocycles. The van der Waals surface area contributed by atoms with Crippen LogP contribution in [-0.4, -0.2) is 10.8 Å². The Kier molecular flexibility index (Phi) is 3.19. The fraction of sp³-hybridized carbons (Fsp3) is 0.200. The molecule has 0 saturated heterocycles. The summed E-state index contributed by atoms with van der Waals surface area (Å²) in [5.41, 5.74) is 12.2. The molecule has 1 heterocycles. The van der Waals surface area contributed by atoms with Crippen LogP contribution in [0.15, 0.2) is 41.5 Å². The molecule has 98 valence electrons. The lowest BCUT2D eigenvalue weighted by molar-refractivity contribution is 0.0971. The number of Topliss-reactive ketones (excluding diaryl/α,β-unsaturated/α-hetero) is 1. The van der Waals surface area contributed by atoms with E-state index in [-0.39, 0.29) is 5.78 Å². The number of hydrogen-bond donors (Lipinski definition) is 0. The number of rotatable bonds is 2. The molecule has 1 aliphatic rings. The van der Waals surface area contributed by atoms with E-state index in [1.807, 2.05) is 30.3 Å². The van der Waals surface area contributed by atoms with Crippen molar-refractivity contribution in [1.29, 1.82) is 0 Å². The first-order valence-corrected chi connectivity index (χ1v) is 6.47. The summed E-state index contributed by atoms with van der Waals surface area (Å²) in [6.07, 6.45) is 2.27. The third kappa shape index (κ3) is 2.15. The highest BCUT2D eigenvalue weighted by molar-refractivity contribution is 5.98. The highest BCUT2D eigenvalue weighted by Crippen LogP contribution is 2.30. The zero-order valence-corrected chi connectivity index (χ0v) is 10.8. The van der Waals surface area contributed by atoms with Crippen molar-refractivity contribution in [3.8, 4) is 11.3 Å². The number of azide groups is 1. The second-order valence-electron chi connectivity index (χ2n) is 4.67. The van der Waals surface area contributed by atoms with Crippen molar-refractivity contribution in [3.63, 3.8) is 0 Å². The van der Waals surface area contributed by atoms with Crippen LogP contribution in [0.4, 0.5) is 5.69 Å². The average molecular weight is 264 g/mol. The molecular formula is C15H12N4O. The maximum Gasteiger partial charge on any atom is 0.164 e. The smallest absolute Gasteiger partial charge is 0.164 e. The Morgan fingerprint density at radius 1 is 1.10 bits per heavy atom. The molecule has 0 fully saturated rings. The monoisotopic (exact) mass is 264 g/mol. The van der Waals surface area contributed by atoms with E-state index in [0.29, 0.717) is 12.1 Å². The predicted molar refractivity (Wildman–Crippen MR) is 75.7 cm³/mol. The summed E-state index contributed by atoms with van der Waals surface area (Å²) in [4.78, 5) is 19.2. The molecule has 5 heteroatoms. The first kappa shape index (κ1) is 12.4. The number of benzene rings is 1. The van der Waals surface area contributed by atoms with Gasteiger partial charge >= 0.3 is 0 Å². The maximum absolute atomic E-state index is 11.8. The van der Waals surface area contributed by atoms with E-state index in [0.717, 1.165) is 35.4 Å². The van der Waals surface area contributed by atoms with Crippen LogP contribution in [0.25, 0.3) is 21.7 Å². The SMILES string of the molecule is [N-]=[N+]=Nc1ccccc1-c1ccc2c(n1)CCCC2=O. The minimum absolute atomic E-state index is 0.161. The normalized spacial score (nSPS) is 13.5. The Balaban J connectivity index is 2.12. The lowest BCUT2D eigenvalue weighted by Gasteiger charge is -2.15. The van der Waals surface area contributed by atoms with Crippen molar-refractivity contribution in [1.82, 2.24) is 4.98 Å². The molecule has 0 bridgehead atoms. The van der Waals surface area contributed by atoms with Gasteiger partial charge in [-0.25, -0.2) is 0 Å². The van der Waals surface area contributed by atoms with Gasteiger partial charge in [0.05, 0.1) is 11.4 Å². The van der Waals surface area contributed by atoms with E-state index in [9.17, 15) is 4.79 Å². The summed E-state index contributed by atoms with van der Waals surface area (Å²) in [7, 11) is 0. The number of pyridine rings is 1. The van der Waals surface area contributed by atoms with Crippen LogP contribution >= 0.6 is 0 Å². The van der Waals surface area contributed by atoms with E-state index in [1.54, 1.807) is 6.07 Å². The minimum Gasteiger partial charge on any atom is -0.294 e. The van der Waals surface area contributed by atoms with Crippen molar-refractivity contribution in [3.05, 3.63) is 58.1 Å². The van der Waals surface area contributed by atoms with Gasteiger partial charge in [-0.1, -0.05) is 29.4 Å². The highest BCUT2D eigenvalue weighted by atomic mass is 16.1. The predicted octanol–water partition coefficient (Wildman–Crippen LogP) is 4.21. The van der Waals surface area contributed by atoms with Gasteiger partial charge in [-0.05, 0) is 30.5 Å². The van der Waals surface area contributed by atoms with E-state index in [4.69, 9.17) is 5.53 Å². The third-order valence-electron chi connectivity index (χ3n) is 3.42. The van der Waals surface area contributed by atoms with Gasteiger partial charge in [-0.2, -0.15) is 0 Å². The van der Waals surface area contributed by atoms with Gasteiger partial charge in [-0.15, -0.1) is 0 Å². The first-order chi connectivity index (χ1) is 9.79. The van der Waals surface area contributed by atoms with Gasteiger partial charge in [0.15, 0.2) is 5.78 Å². The van der Waals surface area contributed by atoms with E-state index < -0.39 is 0 Å². The lowest BCUT2D eigenvalue weighted by Crippen LogP contribution is -2.12. The zero-order valence-electron chi connectivity index (χ0n) is 10.8. The molecule has 0 aliphatic heterocycles. The quantitative estimate of drug-likeness (QED) is 0.462. The van der Waals surface area contributed by atoms with Crippen molar-refractivity contribution in [2.75, 3.05) is 0 Å². The Labute approximate surface area is 115 Å². The van der Waals surface area contributed by atoms with Crippen LogP contribution in [0.2, 0.25) is 0 Å². The molecule has 0 N–H and O–H groups in total. The first-order valence-electron chi connectivity index (χ1n) is 6.47. The molecule has 0 saturated carbocycles. The molecule has 0 amide bonds. The Hall–Kier alpha value is -2.65. The van der Waals surface area contributed by atoms with Crippen LogP contribution < -0.4 is 0 Å². The molecular weight excluding hydrogens is 252 g/mol. The second kappa shape index (κ2) is 5.15. The number of aryl methyl sites for hydroxylation is 1. The molecule has 0 unspecified atom stereocenters. The fourth-order valence-corrected chi connectivity index (χ4v) is 2.47. The lowest BCUT2D eigenvalue weighted by atomic mass is 9.94. The van der Waals surface area contributed by atoms with Crippen molar-refractivity contribution < 1.29 is 4.79 Å². The van der Waals surface area contributed by atoms with E-state index >= 15 is 0 Å². The summed E-state index contributed by atoms with van der Waals surface area (Å²) in [6, 6.07) is 10.9. The van der Waals surface area contributed by atoms with Crippen LogP contribution in [0.3, 0.4) is 0 Å². The molecule has 0 radical (unpaired) electrons. The number of nitrogens with zero attached hydrogens (tertiary/aromatic N) is 4. The summed E-state index contributed by atoms with van der Waals surface area (Å²) < 4.78 is 0. The molecule has 1 aliphatic carbocycles. The van der Waals surface area contributed by atoms with Crippen molar-refractivity contribution in [2.24, 2.45) is 5.11 Å². The maximum atomic E-state index is 11.8. The highest BCUT2D eigenvalue weighted by Gasteiger charge is 2.19. The fourth-order valence-electron chi connectivity index (χ4n) is 2.47. The average Bonchev–Trinajstić information content (AvgIpc) is 2.48. The Morgan fingerprint density at radius 2 is 1.95 bits per heavy atom. The molecule has 5 nitrogen and oxygen atoms in total. The minimum atomic E-state index is 0.161. The van der Waals surface area contributed by atoms with E-state index in [2.05, 4.69) is 15.0 Å². The third-order valence-corrected chi connectivity index (χ3v) is 3.42. The number of carbonyl (C=O) groups is 1. The molecule has 1 aromatic carbocycles. The van der Waals surface area contributed by atoms with Crippen molar-refractivity contribution in [2.45, 2.75) is 19.3 Å². The summed E-state index contributed by atoms with van der Waals surface area (Å²) >= 11 is 0. The van der Waals surface area contributed by atoms with E-state index in [1.165, 1.54) is 0 Å². The number of hydrogen-bond acceptors (Lipinski definition) is 3. The van der Waals surface area contributed by atoms with Gasteiger partial charge in [0.25, 0.3) is 0 Å². The zero-order chi connectivity index (χ0) is 13.9.